The van der Waals surface area contributed by atoms with E-state index in [4.69, 9.17) is 5.73 Å². The molecule has 90 valence electrons. The maximum absolute atomic E-state index is 5.72. The van der Waals surface area contributed by atoms with Crippen LogP contribution >= 0.6 is 0 Å². The number of hydrogen-bond acceptors (Lipinski definition) is 3. The fraction of sp³-hybridized carbons (Fsp3) is 0.385. The largest absolute Gasteiger partial charge is 0.325 e. The monoisotopic (exact) mass is 230 g/mol. The number of benzene rings is 1. The summed E-state index contributed by atoms with van der Waals surface area (Å²) >= 11 is 0. The Labute approximate surface area is 101 Å². The number of hydrogen-bond donors (Lipinski definition) is 1. The zero-order valence-corrected chi connectivity index (χ0v) is 10.5. The van der Waals surface area contributed by atoms with Gasteiger partial charge in [0.1, 0.15) is 5.69 Å². The first kappa shape index (κ1) is 11.8. The zero-order valence-electron chi connectivity index (χ0n) is 10.5. The van der Waals surface area contributed by atoms with Crippen LogP contribution in [0.2, 0.25) is 0 Å². The smallest absolute Gasteiger partial charge is 0.100 e. The van der Waals surface area contributed by atoms with Crippen LogP contribution in [-0.2, 0) is 12.0 Å². The van der Waals surface area contributed by atoms with Crippen molar-refractivity contribution in [1.29, 1.82) is 0 Å². The molecule has 1 heterocycles. The maximum atomic E-state index is 5.72. The van der Waals surface area contributed by atoms with Crippen molar-refractivity contribution in [3.05, 3.63) is 41.7 Å². The zero-order chi connectivity index (χ0) is 12.5. The van der Waals surface area contributed by atoms with Crippen LogP contribution in [0, 0.1) is 0 Å². The molecule has 4 heteroatoms. The summed E-state index contributed by atoms with van der Waals surface area (Å²) in [5, 5.41) is 8.38. The average Bonchev–Trinajstić information content (AvgIpc) is 2.73. The van der Waals surface area contributed by atoms with Gasteiger partial charge in [-0.15, -0.1) is 5.10 Å². The normalized spacial score (nSPS) is 11.8. The molecule has 2 N–H and O–H groups in total. The minimum Gasteiger partial charge on any atom is -0.325 e. The summed E-state index contributed by atoms with van der Waals surface area (Å²) in [6.07, 6.45) is 0. The van der Waals surface area contributed by atoms with Crippen LogP contribution in [0.3, 0.4) is 0 Å². The number of rotatable bonds is 2. The van der Waals surface area contributed by atoms with E-state index in [1.807, 2.05) is 35.0 Å². The van der Waals surface area contributed by atoms with E-state index in [-0.39, 0.29) is 5.41 Å². The Morgan fingerprint density at radius 3 is 2.35 bits per heavy atom. The van der Waals surface area contributed by atoms with Crippen molar-refractivity contribution in [2.24, 2.45) is 5.73 Å². The lowest BCUT2D eigenvalue weighted by atomic mass is 9.90. The predicted molar refractivity (Wildman–Crippen MR) is 68.0 cm³/mol. The van der Waals surface area contributed by atoms with E-state index in [1.54, 1.807) is 0 Å². The SMILES string of the molecule is CC(C)(C)c1c(CN)nnn1-c1ccccc1. The molecular weight excluding hydrogens is 212 g/mol. The Morgan fingerprint density at radius 1 is 1.18 bits per heavy atom. The molecule has 0 fully saturated rings. The van der Waals surface area contributed by atoms with Gasteiger partial charge in [0.2, 0.25) is 0 Å². The van der Waals surface area contributed by atoms with E-state index < -0.39 is 0 Å². The molecule has 0 atom stereocenters. The van der Waals surface area contributed by atoms with Crippen LogP contribution < -0.4 is 5.73 Å². The number of nitrogens with zero attached hydrogens (tertiary/aromatic N) is 3. The summed E-state index contributed by atoms with van der Waals surface area (Å²) in [4.78, 5) is 0. The van der Waals surface area contributed by atoms with Gasteiger partial charge in [-0.25, -0.2) is 4.68 Å². The average molecular weight is 230 g/mol. The van der Waals surface area contributed by atoms with Gasteiger partial charge in [0.15, 0.2) is 0 Å². The predicted octanol–water partition coefficient (Wildman–Crippen LogP) is 2.02. The van der Waals surface area contributed by atoms with Gasteiger partial charge >= 0.3 is 0 Å². The third kappa shape index (κ3) is 2.22. The molecule has 0 bridgehead atoms. The molecule has 17 heavy (non-hydrogen) atoms. The van der Waals surface area contributed by atoms with E-state index in [0.717, 1.165) is 17.1 Å². The second-order valence-electron chi connectivity index (χ2n) is 5.09. The Hall–Kier alpha value is -1.68. The Balaban J connectivity index is 2.60. The molecule has 0 saturated heterocycles. The minimum atomic E-state index is -0.0337. The van der Waals surface area contributed by atoms with Crippen molar-refractivity contribution in [2.75, 3.05) is 0 Å². The van der Waals surface area contributed by atoms with Crippen molar-refractivity contribution >= 4 is 0 Å². The number of aromatic nitrogens is 3. The molecule has 0 saturated carbocycles. The van der Waals surface area contributed by atoms with Gasteiger partial charge in [-0.3, -0.25) is 0 Å². The van der Waals surface area contributed by atoms with Gasteiger partial charge < -0.3 is 5.73 Å². The molecular formula is C13H18N4. The highest BCUT2D eigenvalue weighted by Crippen LogP contribution is 2.26. The molecule has 1 aromatic carbocycles. The number of para-hydroxylation sites is 1. The van der Waals surface area contributed by atoms with Crippen LogP contribution in [0.1, 0.15) is 32.2 Å². The molecule has 1 aromatic heterocycles. The van der Waals surface area contributed by atoms with Crippen molar-refractivity contribution in [2.45, 2.75) is 32.7 Å². The highest BCUT2D eigenvalue weighted by Gasteiger charge is 2.25. The Morgan fingerprint density at radius 2 is 1.82 bits per heavy atom. The summed E-state index contributed by atoms with van der Waals surface area (Å²) in [7, 11) is 0. The third-order valence-corrected chi connectivity index (χ3v) is 2.64. The van der Waals surface area contributed by atoms with Crippen LogP contribution in [0.15, 0.2) is 30.3 Å². The first-order chi connectivity index (χ1) is 8.04. The molecule has 0 radical (unpaired) electrons. The summed E-state index contributed by atoms with van der Waals surface area (Å²) in [6, 6.07) is 10.0. The highest BCUT2D eigenvalue weighted by molar-refractivity contribution is 5.35. The standard InChI is InChI=1S/C13H18N4/c1-13(2,3)12-11(9-14)15-16-17(12)10-7-5-4-6-8-10/h4-8H,9,14H2,1-3H3. The fourth-order valence-corrected chi connectivity index (χ4v) is 1.95. The summed E-state index contributed by atoms with van der Waals surface area (Å²) in [6.45, 7) is 6.85. The van der Waals surface area contributed by atoms with Gasteiger partial charge in [-0.1, -0.05) is 44.2 Å². The molecule has 2 rings (SSSR count). The fourth-order valence-electron chi connectivity index (χ4n) is 1.95. The summed E-state index contributed by atoms with van der Waals surface area (Å²) < 4.78 is 1.88. The van der Waals surface area contributed by atoms with E-state index in [2.05, 4.69) is 31.1 Å². The lowest BCUT2D eigenvalue weighted by Gasteiger charge is -2.20. The number of nitrogens with two attached hydrogens (primary N) is 1. The summed E-state index contributed by atoms with van der Waals surface area (Å²) in [5.74, 6) is 0. The molecule has 2 aromatic rings. The van der Waals surface area contributed by atoms with Crippen molar-refractivity contribution in [3.8, 4) is 5.69 Å². The van der Waals surface area contributed by atoms with Gasteiger partial charge in [0, 0.05) is 12.0 Å². The second kappa shape index (κ2) is 4.30. The van der Waals surface area contributed by atoms with Crippen LogP contribution in [-0.4, -0.2) is 15.0 Å². The van der Waals surface area contributed by atoms with Crippen molar-refractivity contribution in [1.82, 2.24) is 15.0 Å². The first-order valence-electron chi connectivity index (χ1n) is 5.74. The lowest BCUT2D eigenvalue weighted by molar-refractivity contribution is 0.537. The van der Waals surface area contributed by atoms with Crippen LogP contribution in [0.5, 0.6) is 0 Å². The quantitative estimate of drug-likeness (QED) is 0.858. The molecule has 0 aliphatic carbocycles. The second-order valence-corrected chi connectivity index (χ2v) is 5.09. The van der Waals surface area contributed by atoms with Crippen LogP contribution in [0.4, 0.5) is 0 Å². The van der Waals surface area contributed by atoms with Gasteiger partial charge in [-0.2, -0.15) is 0 Å². The van der Waals surface area contributed by atoms with Crippen molar-refractivity contribution in [3.63, 3.8) is 0 Å². The molecule has 0 unspecified atom stereocenters. The molecule has 0 aliphatic heterocycles. The third-order valence-electron chi connectivity index (χ3n) is 2.64. The van der Waals surface area contributed by atoms with E-state index in [0.29, 0.717) is 6.54 Å². The maximum Gasteiger partial charge on any atom is 0.100 e. The van der Waals surface area contributed by atoms with E-state index in [9.17, 15) is 0 Å². The van der Waals surface area contributed by atoms with Gasteiger partial charge in [-0.05, 0) is 12.1 Å². The van der Waals surface area contributed by atoms with E-state index in [1.165, 1.54) is 0 Å². The summed E-state index contributed by atoms with van der Waals surface area (Å²) in [5.41, 5.74) is 8.64. The van der Waals surface area contributed by atoms with Crippen molar-refractivity contribution < 1.29 is 0 Å². The molecule has 0 spiro atoms. The Bertz CT molecular complexity index is 494. The molecule has 0 amide bonds. The highest BCUT2D eigenvalue weighted by atomic mass is 15.4. The van der Waals surface area contributed by atoms with Gasteiger partial charge in [0.05, 0.1) is 11.4 Å². The van der Waals surface area contributed by atoms with E-state index >= 15 is 0 Å². The minimum absolute atomic E-state index is 0.0337. The molecule has 4 nitrogen and oxygen atoms in total. The topological polar surface area (TPSA) is 56.7 Å². The molecule has 0 aliphatic rings. The lowest BCUT2D eigenvalue weighted by Crippen LogP contribution is -2.20. The first-order valence-corrected chi connectivity index (χ1v) is 5.74. The van der Waals surface area contributed by atoms with Crippen LogP contribution in [0.25, 0.3) is 5.69 Å². The van der Waals surface area contributed by atoms with Gasteiger partial charge in [0.25, 0.3) is 0 Å². The Kier molecular flexibility index (Phi) is 2.98.